The number of rotatable bonds is 7. The van der Waals surface area contributed by atoms with E-state index in [-0.39, 0.29) is 11.2 Å². The molecule has 0 aliphatic carbocycles. The summed E-state index contributed by atoms with van der Waals surface area (Å²) in [4.78, 5) is 23.4. The summed E-state index contributed by atoms with van der Waals surface area (Å²) < 4.78 is 0. The maximum absolute atomic E-state index is 13.5. The Balaban J connectivity index is 1.39. The van der Waals surface area contributed by atoms with E-state index in [2.05, 4.69) is 35.9 Å². The minimum Gasteiger partial charge on any atom is -0.398 e. The highest BCUT2D eigenvalue weighted by Gasteiger charge is 2.35. The Labute approximate surface area is 190 Å². The van der Waals surface area contributed by atoms with Crippen LogP contribution in [0.1, 0.15) is 63.2 Å². The zero-order chi connectivity index (χ0) is 21.8. The Kier molecular flexibility index (Phi) is 7.18. The molecule has 1 unspecified atom stereocenters. The van der Waals surface area contributed by atoms with E-state index in [1.807, 2.05) is 17.0 Å². The van der Waals surface area contributed by atoms with Crippen LogP contribution < -0.4 is 10.6 Å². The molecule has 2 aromatic rings. The van der Waals surface area contributed by atoms with E-state index in [0.29, 0.717) is 17.8 Å². The molecule has 0 saturated carbocycles. The Hall–Kier alpha value is -2.05. The summed E-state index contributed by atoms with van der Waals surface area (Å²) in [6.07, 6.45) is 10.7. The van der Waals surface area contributed by atoms with Crippen molar-refractivity contribution in [1.82, 2.24) is 9.88 Å². The van der Waals surface area contributed by atoms with Crippen molar-refractivity contribution in [2.24, 2.45) is 0 Å². The van der Waals surface area contributed by atoms with E-state index in [9.17, 15) is 4.79 Å². The molecule has 6 heteroatoms. The minimum atomic E-state index is -0.335. The Morgan fingerprint density at radius 3 is 2.58 bits per heavy atom. The number of amides is 1. The topological polar surface area (TPSA) is 62.5 Å². The van der Waals surface area contributed by atoms with Gasteiger partial charge in [0.1, 0.15) is 5.25 Å². The number of aromatic nitrogens is 1. The molecule has 5 nitrogen and oxygen atoms in total. The lowest BCUT2D eigenvalue weighted by atomic mass is 9.97. The maximum atomic E-state index is 13.5. The van der Waals surface area contributed by atoms with Gasteiger partial charge in [0, 0.05) is 47.2 Å². The smallest absolute Gasteiger partial charge is 0.245 e. The van der Waals surface area contributed by atoms with Gasteiger partial charge in [0.25, 0.3) is 0 Å². The molecule has 166 valence electrons. The molecule has 1 aromatic heterocycles. The van der Waals surface area contributed by atoms with Crippen molar-refractivity contribution < 1.29 is 4.79 Å². The van der Waals surface area contributed by atoms with Crippen molar-refractivity contribution in [3.63, 3.8) is 0 Å². The molecule has 31 heavy (non-hydrogen) atoms. The number of likely N-dealkylation sites (tertiary alicyclic amines) is 1. The number of carbonyl (C=O) groups excluding carboxylic acids is 1. The first kappa shape index (κ1) is 22.2. The summed E-state index contributed by atoms with van der Waals surface area (Å²) in [6.45, 7) is 6.64. The van der Waals surface area contributed by atoms with Crippen molar-refractivity contribution in [3.8, 4) is 0 Å². The van der Waals surface area contributed by atoms with Crippen molar-refractivity contribution >= 4 is 29.0 Å². The van der Waals surface area contributed by atoms with Crippen molar-refractivity contribution in [1.29, 1.82) is 0 Å². The number of hydrogen-bond donors (Lipinski definition) is 1. The van der Waals surface area contributed by atoms with E-state index in [1.54, 1.807) is 30.2 Å². The first-order valence-corrected chi connectivity index (χ1v) is 12.5. The van der Waals surface area contributed by atoms with Crippen LogP contribution in [0.4, 0.5) is 11.4 Å². The lowest BCUT2D eigenvalue weighted by Gasteiger charge is -2.39. The fraction of sp³-hybridized carbons (Fsp3) is 0.520. The number of thioether (sulfide) groups is 1. The van der Waals surface area contributed by atoms with Crippen LogP contribution in [0.5, 0.6) is 0 Å². The number of piperidine rings is 1. The SMILES string of the molecule is C[C@@H]1CCC[C@H](C)N1CCCCCN1C(=O)C(c2cnccc2N)Sc2ccccc21. The lowest BCUT2D eigenvalue weighted by molar-refractivity contribution is -0.118. The van der Waals surface area contributed by atoms with E-state index >= 15 is 0 Å². The van der Waals surface area contributed by atoms with E-state index in [4.69, 9.17) is 5.73 Å². The van der Waals surface area contributed by atoms with Crippen LogP contribution >= 0.6 is 11.8 Å². The molecule has 1 aromatic carbocycles. The fourth-order valence-electron chi connectivity index (χ4n) is 4.94. The normalized spacial score (nSPS) is 24.3. The van der Waals surface area contributed by atoms with Crippen LogP contribution in [0.15, 0.2) is 47.6 Å². The second kappa shape index (κ2) is 10.0. The number of nitrogens with two attached hydrogens (primary N) is 1. The van der Waals surface area contributed by atoms with E-state index in [0.717, 1.165) is 42.1 Å². The highest BCUT2D eigenvalue weighted by molar-refractivity contribution is 8.00. The molecule has 4 rings (SSSR count). The van der Waals surface area contributed by atoms with Gasteiger partial charge in [-0.2, -0.15) is 0 Å². The maximum Gasteiger partial charge on any atom is 0.245 e. The highest BCUT2D eigenvalue weighted by Crippen LogP contribution is 2.47. The molecule has 1 fully saturated rings. The molecule has 2 N–H and O–H groups in total. The summed E-state index contributed by atoms with van der Waals surface area (Å²) in [6, 6.07) is 11.4. The molecule has 3 atom stereocenters. The number of nitrogens with zero attached hydrogens (tertiary/aromatic N) is 3. The number of anilines is 2. The van der Waals surface area contributed by atoms with Gasteiger partial charge in [0.2, 0.25) is 5.91 Å². The van der Waals surface area contributed by atoms with Crippen molar-refractivity contribution in [3.05, 3.63) is 48.3 Å². The molecule has 3 heterocycles. The number of para-hydroxylation sites is 1. The standard InChI is InChI=1S/C25H34N4OS/c1-18-9-8-10-19(2)28(18)15-6-3-7-16-29-22-11-4-5-12-23(22)31-24(25(29)30)20-17-27-14-13-21(20)26/h4-5,11-14,17-19,24H,3,6-10,15-16H2,1-2H3,(H2,26,27)/t18-,19+,24?. The summed E-state index contributed by atoms with van der Waals surface area (Å²) in [5.41, 5.74) is 8.65. The molecule has 1 amide bonds. The van der Waals surface area contributed by atoms with Crippen LogP contribution in [0.25, 0.3) is 0 Å². The summed E-state index contributed by atoms with van der Waals surface area (Å²) in [5, 5.41) is -0.335. The minimum absolute atomic E-state index is 0.113. The van der Waals surface area contributed by atoms with E-state index in [1.165, 1.54) is 25.7 Å². The summed E-state index contributed by atoms with van der Waals surface area (Å²) >= 11 is 1.58. The second-order valence-corrected chi connectivity index (χ2v) is 10.0. The third-order valence-electron chi connectivity index (χ3n) is 6.73. The van der Waals surface area contributed by atoms with Gasteiger partial charge in [-0.3, -0.25) is 14.7 Å². The average Bonchev–Trinajstić information content (AvgIpc) is 2.77. The average molecular weight is 439 g/mol. The third-order valence-corrected chi connectivity index (χ3v) is 8.03. The van der Waals surface area contributed by atoms with Crippen LogP contribution in [0.2, 0.25) is 0 Å². The Bertz CT molecular complexity index is 895. The lowest BCUT2D eigenvalue weighted by Crippen LogP contribution is -2.44. The zero-order valence-electron chi connectivity index (χ0n) is 18.7. The monoisotopic (exact) mass is 438 g/mol. The van der Waals surface area contributed by atoms with Gasteiger partial charge < -0.3 is 10.6 Å². The molecule has 0 spiro atoms. The van der Waals surface area contributed by atoms with Crippen molar-refractivity contribution in [2.75, 3.05) is 23.7 Å². The summed E-state index contributed by atoms with van der Waals surface area (Å²) in [7, 11) is 0. The number of unbranched alkanes of at least 4 members (excludes halogenated alkanes) is 2. The first-order chi connectivity index (χ1) is 15.1. The zero-order valence-corrected chi connectivity index (χ0v) is 19.5. The quantitative estimate of drug-likeness (QED) is 0.596. The predicted molar refractivity (Wildman–Crippen MR) is 129 cm³/mol. The molecule has 2 aliphatic rings. The van der Waals surface area contributed by atoms with Gasteiger partial charge in [0.05, 0.1) is 5.69 Å². The van der Waals surface area contributed by atoms with Crippen LogP contribution in [0.3, 0.4) is 0 Å². The number of hydrogen-bond acceptors (Lipinski definition) is 5. The van der Waals surface area contributed by atoms with Crippen LogP contribution in [-0.2, 0) is 4.79 Å². The molecular formula is C25H34N4OS. The van der Waals surface area contributed by atoms with Crippen molar-refractivity contribution in [2.45, 2.75) is 74.6 Å². The number of nitrogen functional groups attached to an aromatic ring is 1. The number of pyridine rings is 1. The number of benzene rings is 1. The molecule has 2 aliphatic heterocycles. The predicted octanol–water partition coefficient (Wildman–Crippen LogP) is 5.28. The molecule has 1 saturated heterocycles. The largest absolute Gasteiger partial charge is 0.398 e. The van der Waals surface area contributed by atoms with E-state index < -0.39 is 0 Å². The van der Waals surface area contributed by atoms with Gasteiger partial charge in [0.15, 0.2) is 0 Å². The number of carbonyl (C=O) groups is 1. The second-order valence-electron chi connectivity index (χ2n) is 8.89. The Morgan fingerprint density at radius 2 is 1.81 bits per heavy atom. The van der Waals surface area contributed by atoms with Crippen LogP contribution in [0, 0.1) is 0 Å². The van der Waals surface area contributed by atoms with Gasteiger partial charge in [-0.1, -0.05) is 25.0 Å². The molecule has 0 radical (unpaired) electrons. The highest BCUT2D eigenvalue weighted by atomic mass is 32.2. The Morgan fingerprint density at radius 1 is 1.06 bits per heavy atom. The molecular weight excluding hydrogens is 404 g/mol. The third kappa shape index (κ3) is 4.90. The van der Waals surface area contributed by atoms with Gasteiger partial charge in [-0.05, 0) is 64.3 Å². The van der Waals surface area contributed by atoms with Gasteiger partial charge in [-0.25, -0.2) is 0 Å². The summed E-state index contributed by atoms with van der Waals surface area (Å²) in [5.74, 6) is 0.113. The van der Waals surface area contributed by atoms with Crippen LogP contribution in [-0.4, -0.2) is 41.0 Å². The van der Waals surface area contributed by atoms with Gasteiger partial charge >= 0.3 is 0 Å². The number of fused-ring (bicyclic) bond motifs is 1. The fourth-order valence-corrected chi connectivity index (χ4v) is 6.20. The first-order valence-electron chi connectivity index (χ1n) is 11.6. The molecule has 0 bridgehead atoms. The van der Waals surface area contributed by atoms with Gasteiger partial charge in [-0.15, -0.1) is 11.8 Å².